The van der Waals surface area contributed by atoms with Crippen LogP contribution in [0.1, 0.15) is 42.1 Å². The Hall–Kier alpha value is -2.33. The third-order valence-corrected chi connectivity index (χ3v) is 4.16. The van der Waals surface area contributed by atoms with Gasteiger partial charge in [-0.05, 0) is 42.7 Å². The Morgan fingerprint density at radius 3 is 2.40 bits per heavy atom. The molecule has 4 nitrogen and oxygen atoms in total. The zero-order valence-corrected chi connectivity index (χ0v) is 15.1. The molecule has 2 rings (SSSR count). The number of nitrogens with one attached hydrogen (secondary N) is 2. The molecule has 0 radical (unpaired) electrons. The first-order chi connectivity index (χ1) is 12.1. The average Bonchev–Trinajstić information content (AvgIpc) is 2.62. The molecule has 0 atom stereocenters. The van der Waals surface area contributed by atoms with Crippen LogP contribution in [0.2, 0.25) is 5.02 Å². The lowest BCUT2D eigenvalue weighted by atomic mass is 10.1. The van der Waals surface area contributed by atoms with Gasteiger partial charge in [0.1, 0.15) is 0 Å². The number of carbonyl (C=O) groups is 2. The van der Waals surface area contributed by atoms with E-state index in [9.17, 15) is 9.59 Å². The van der Waals surface area contributed by atoms with Crippen molar-refractivity contribution in [2.75, 3.05) is 11.9 Å². The van der Waals surface area contributed by atoms with E-state index < -0.39 is 0 Å². The minimum Gasteiger partial charge on any atom is -0.343 e. The van der Waals surface area contributed by atoms with Crippen LogP contribution in [0.15, 0.2) is 48.5 Å². The Morgan fingerprint density at radius 2 is 1.72 bits per heavy atom. The summed E-state index contributed by atoms with van der Waals surface area (Å²) in [6.45, 7) is 2.07. The van der Waals surface area contributed by atoms with Crippen LogP contribution in [0.5, 0.6) is 0 Å². The van der Waals surface area contributed by atoms with Gasteiger partial charge in [0.05, 0.1) is 17.1 Å². The van der Waals surface area contributed by atoms with E-state index in [1.54, 1.807) is 24.3 Å². The number of halogens is 1. The summed E-state index contributed by atoms with van der Waals surface area (Å²) in [6, 6.07) is 14.5. The molecule has 2 amide bonds. The molecule has 0 aromatic heterocycles. The Balaban J connectivity index is 1.80. The highest BCUT2D eigenvalue weighted by Crippen LogP contribution is 2.14. The van der Waals surface area contributed by atoms with Crippen LogP contribution in [0.4, 0.5) is 5.69 Å². The highest BCUT2D eigenvalue weighted by Gasteiger charge is 2.11. The monoisotopic (exact) mass is 358 g/mol. The topological polar surface area (TPSA) is 58.2 Å². The normalized spacial score (nSPS) is 10.3. The van der Waals surface area contributed by atoms with Gasteiger partial charge in [-0.15, -0.1) is 0 Å². The summed E-state index contributed by atoms with van der Waals surface area (Å²) in [5.41, 5.74) is 2.34. The van der Waals surface area contributed by atoms with E-state index in [1.165, 1.54) is 24.8 Å². The van der Waals surface area contributed by atoms with Crippen LogP contribution in [0, 0.1) is 0 Å². The van der Waals surface area contributed by atoms with Crippen molar-refractivity contribution in [2.45, 2.75) is 32.6 Å². The Morgan fingerprint density at radius 1 is 1.00 bits per heavy atom. The highest BCUT2D eigenvalue weighted by atomic mass is 35.5. The third-order valence-electron chi connectivity index (χ3n) is 3.83. The van der Waals surface area contributed by atoms with Crippen molar-refractivity contribution in [3.63, 3.8) is 0 Å². The number of carbonyl (C=O) groups excluding carboxylic acids is 2. The molecule has 0 unspecified atom stereocenters. The summed E-state index contributed by atoms with van der Waals surface area (Å²) in [4.78, 5) is 24.0. The first-order valence-corrected chi connectivity index (χ1v) is 8.89. The lowest BCUT2D eigenvalue weighted by Gasteiger charge is -2.08. The van der Waals surface area contributed by atoms with Crippen molar-refractivity contribution < 1.29 is 9.59 Å². The summed E-state index contributed by atoms with van der Waals surface area (Å²) in [6.07, 6.45) is 4.66. The number of amides is 2. The van der Waals surface area contributed by atoms with Crippen LogP contribution in [0.25, 0.3) is 0 Å². The van der Waals surface area contributed by atoms with Crippen LogP contribution in [-0.2, 0) is 11.2 Å². The van der Waals surface area contributed by atoms with Gasteiger partial charge in [0.25, 0.3) is 5.91 Å². The molecule has 0 aliphatic rings. The van der Waals surface area contributed by atoms with Crippen molar-refractivity contribution in [1.82, 2.24) is 5.32 Å². The molecule has 2 N–H and O–H groups in total. The SMILES string of the molecule is CCCCCc1ccc(NC(=O)CNC(=O)c2ccccc2Cl)cc1. The first-order valence-electron chi connectivity index (χ1n) is 8.51. The second-order valence-electron chi connectivity index (χ2n) is 5.86. The second kappa shape index (κ2) is 9.84. The Labute approximate surface area is 153 Å². The zero-order valence-electron chi connectivity index (χ0n) is 14.3. The van der Waals surface area contributed by atoms with Crippen molar-refractivity contribution in [1.29, 1.82) is 0 Å². The minimum absolute atomic E-state index is 0.109. The number of hydrogen-bond donors (Lipinski definition) is 2. The maximum absolute atomic E-state index is 12.0. The van der Waals surface area contributed by atoms with Crippen molar-refractivity contribution >= 4 is 29.1 Å². The molecule has 0 spiro atoms. The number of rotatable bonds is 8. The smallest absolute Gasteiger partial charge is 0.253 e. The van der Waals surface area contributed by atoms with Gasteiger partial charge >= 0.3 is 0 Å². The molecular formula is C20H23ClN2O2. The summed E-state index contributed by atoms with van der Waals surface area (Å²) < 4.78 is 0. The molecule has 0 saturated heterocycles. The molecule has 25 heavy (non-hydrogen) atoms. The van der Waals surface area contributed by atoms with E-state index in [2.05, 4.69) is 17.6 Å². The largest absolute Gasteiger partial charge is 0.343 e. The van der Waals surface area contributed by atoms with Crippen molar-refractivity contribution in [2.24, 2.45) is 0 Å². The predicted octanol–water partition coefficient (Wildman–Crippen LogP) is 4.44. The van der Waals surface area contributed by atoms with E-state index in [4.69, 9.17) is 11.6 Å². The van der Waals surface area contributed by atoms with Crippen LogP contribution in [-0.4, -0.2) is 18.4 Å². The third kappa shape index (κ3) is 6.24. The van der Waals surface area contributed by atoms with Gasteiger partial charge in [-0.2, -0.15) is 0 Å². The number of unbranched alkanes of at least 4 members (excludes halogenated alkanes) is 2. The predicted molar refractivity (Wildman–Crippen MR) is 102 cm³/mol. The van der Waals surface area contributed by atoms with Crippen LogP contribution in [0.3, 0.4) is 0 Å². The number of hydrogen-bond acceptors (Lipinski definition) is 2. The molecule has 0 heterocycles. The fourth-order valence-electron chi connectivity index (χ4n) is 2.44. The van der Waals surface area contributed by atoms with E-state index >= 15 is 0 Å². The number of benzene rings is 2. The number of anilines is 1. The molecular weight excluding hydrogens is 336 g/mol. The summed E-state index contributed by atoms with van der Waals surface area (Å²) in [5.74, 6) is -0.647. The second-order valence-corrected chi connectivity index (χ2v) is 6.27. The van der Waals surface area contributed by atoms with E-state index in [0.717, 1.165) is 12.1 Å². The number of aryl methyl sites for hydroxylation is 1. The Kier molecular flexibility index (Phi) is 7.48. The average molecular weight is 359 g/mol. The molecule has 0 aliphatic heterocycles. The summed E-state index contributed by atoms with van der Waals surface area (Å²) >= 11 is 5.96. The maximum atomic E-state index is 12.0. The van der Waals surface area contributed by atoms with Crippen LogP contribution >= 0.6 is 11.6 Å². The van der Waals surface area contributed by atoms with Gasteiger partial charge in [0.15, 0.2) is 0 Å². The fourth-order valence-corrected chi connectivity index (χ4v) is 2.66. The summed E-state index contributed by atoms with van der Waals surface area (Å²) in [5, 5.41) is 5.70. The summed E-state index contributed by atoms with van der Waals surface area (Å²) in [7, 11) is 0. The fraction of sp³-hybridized carbons (Fsp3) is 0.300. The van der Waals surface area contributed by atoms with Gasteiger partial charge < -0.3 is 10.6 Å². The first kappa shape index (κ1) is 19.0. The standard InChI is InChI=1S/C20H23ClN2O2/c1-2-3-4-7-15-10-12-16(13-11-15)23-19(24)14-22-20(25)17-8-5-6-9-18(17)21/h5-6,8-13H,2-4,7,14H2,1H3,(H,22,25)(H,23,24). The van der Waals surface area contributed by atoms with Gasteiger partial charge in [0, 0.05) is 5.69 Å². The van der Waals surface area contributed by atoms with Gasteiger partial charge in [-0.25, -0.2) is 0 Å². The van der Waals surface area contributed by atoms with Gasteiger partial charge in [-0.1, -0.05) is 55.6 Å². The molecule has 0 saturated carbocycles. The zero-order chi connectivity index (χ0) is 18.1. The molecule has 132 valence electrons. The lowest BCUT2D eigenvalue weighted by molar-refractivity contribution is -0.115. The van der Waals surface area contributed by atoms with E-state index in [0.29, 0.717) is 10.6 Å². The highest BCUT2D eigenvalue weighted by molar-refractivity contribution is 6.33. The van der Waals surface area contributed by atoms with E-state index in [-0.39, 0.29) is 18.4 Å². The van der Waals surface area contributed by atoms with Crippen molar-refractivity contribution in [3.05, 3.63) is 64.7 Å². The molecule has 0 fully saturated rings. The minimum atomic E-state index is -0.368. The van der Waals surface area contributed by atoms with Gasteiger partial charge in [0.2, 0.25) is 5.91 Å². The molecule has 2 aromatic carbocycles. The molecule has 0 aliphatic carbocycles. The Bertz CT molecular complexity index is 714. The van der Waals surface area contributed by atoms with Gasteiger partial charge in [-0.3, -0.25) is 9.59 Å². The molecule has 2 aromatic rings. The quantitative estimate of drug-likeness (QED) is 0.685. The lowest BCUT2D eigenvalue weighted by Crippen LogP contribution is -2.33. The molecule has 0 bridgehead atoms. The molecule has 5 heteroatoms. The van der Waals surface area contributed by atoms with E-state index in [1.807, 2.05) is 24.3 Å². The van der Waals surface area contributed by atoms with Crippen LogP contribution < -0.4 is 10.6 Å². The van der Waals surface area contributed by atoms with Crippen molar-refractivity contribution in [3.8, 4) is 0 Å². The maximum Gasteiger partial charge on any atom is 0.253 e.